The number of hydrogen-bond donors (Lipinski definition) is 0. The molecule has 102 valence electrons. The van der Waals surface area contributed by atoms with Crippen LogP contribution in [0.4, 0.5) is 0 Å². The fraction of sp³-hybridized carbons (Fsp3) is 0.316. The van der Waals surface area contributed by atoms with Crippen LogP contribution >= 0.6 is 0 Å². The Morgan fingerprint density at radius 3 is 2.30 bits per heavy atom. The van der Waals surface area contributed by atoms with Crippen molar-refractivity contribution in [1.82, 2.24) is 0 Å². The van der Waals surface area contributed by atoms with Gasteiger partial charge >= 0.3 is 0 Å². The molecular formula is C19H21Zr-. The summed E-state index contributed by atoms with van der Waals surface area (Å²) < 4.78 is 0. The van der Waals surface area contributed by atoms with E-state index < -0.39 is 0 Å². The third-order valence-corrected chi connectivity index (χ3v) is 4.70. The van der Waals surface area contributed by atoms with E-state index in [1.807, 2.05) is 0 Å². The van der Waals surface area contributed by atoms with Gasteiger partial charge in [-0.05, 0) is 5.56 Å². The molecule has 0 unspecified atom stereocenters. The molecule has 0 spiro atoms. The summed E-state index contributed by atoms with van der Waals surface area (Å²) >= 11 is 0. The first-order valence-electron chi connectivity index (χ1n) is 7.31. The molecule has 0 aliphatic heterocycles. The summed E-state index contributed by atoms with van der Waals surface area (Å²) in [5.74, 6) is 0. The summed E-state index contributed by atoms with van der Waals surface area (Å²) in [7, 11) is 0. The normalized spacial score (nSPS) is 15.1. The maximum absolute atomic E-state index is 2.51. The minimum atomic E-state index is 0. The van der Waals surface area contributed by atoms with Crippen molar-refractivity contribution in [2.75, 3.05) is 0 Å². The Morgan fingerprint density at radius 2 is 1.65 bits per heavy atom. The Bertz CT molecular complexity index is 568. The van der Waals surface area contributed by atoms with Crippen molar-refractivity contribution in [3.05, 3.63) is 66.1 Å². The molecule has 1 aliphatic carbocycles. The molecule has 0 N–H and O–H groups in total. The van der Waals surface area contributed by atoms with Crippen LogP contribution in [0.1, 0.15) is 37.8 Å². The van der Waals surface area contributed by atoms with Gasteiger partial charge in [0.1, 0.15) is 0 Å². The van der Waals surface area contributed by atoms with E-state index >= 15 is 0 Å². The Kier molecular flexibility index (Phi) is 4.92. The Morgan fingerprint density at radius 1 is 0.950 bits per heavy atom. The van der Waals surface area contributed by atoms with Crippen LogP contribution in [0.2, 0.25) is 0 Å². The zero-order valence-corrected chi connectivity index (χ0v) is 14.8. The maximum atomic E-state index is 2.51. The van der Waals surface area contributed by atoms with Crippen LogP contribution in [0.3, 0.4) is 0 Å². The summed E-state index contributed by atoms with van der Waals surface area (Å²) in [6.45, 7) is 4.63. The molecule has 0 fully saturated rings. The number of fused-ring (bicyclic) bond motifs is 1. The average Bonchev–Trinajstić information content (AvgIpc) is 2.87. The largest absolute Gasteiger partial charge is 0.188 e. The first kappa shape index (κ1) is 15.6. The summed E-state index contributed by atoms with van der Waals surface area (Å²) in [5, 5.41) is 0. The molecule has 20 heavy (non-hydrogen) atoms. The van der Waals surface area contributed by atoms with Gasteiger partial charge < -0.3 is 0 Å². The average molecular weight is 341 g/mol. The van der Waals surface area contributed by atoms with Gasteiger partial charge in [-0.15, -0.1) is 11.6 Å². The SMILES string of the molecule is CCC1(CC)[CH-]c2cccc(-c3ccccc3)c2C1.[Zr]. The van der Waals surface area contributed by atoms with E-state index in [-0.39, 0.29) is 26.2 Å². The Labute approximate surface area is 141 Å². The minimum Gasteiger partial charge on any atom is -0.188 e. The zero-order chi connectivity index (χ0) is 13.3. The third-order valence-electron chi connectivity index (χ3n) is 4.70. The predicted molar refractivity (Wildman–Crippen MR) is 82.0 cm³/mol. The van der Waals surface area contributed by atoms with E-state index in [4.69, 9.17) is 0 Å². The minimum absolute atomic E-state index is 0. The van der Waals surface area contributed by atoms with Crippen LogP contribution in [-0.2, 0) is 32.6 Å². The zero-order valence-electron chi connectivity index (χ0n) is 12.3. The van der Waals surface area contributed by atoms with Gasteiger partial charge in [-0.3, -0.25) is 0 Å². The fourth-order valence-electron chi connectivity index (χ4n) is 3.26. The smallest absolute Gasteiger partial charge is 0 e. The standard InChI is InChI=1S/C19H21.Zr/c1-3-19(4-2)13-16-11-8-12-17(18(16)14-19)15-9-6-5-7-10-15;/h5-13H,3-4,14H2,1-2H3;/q-1;. The molecule has 0 amide bonds. The summed E-state index contributed by atoms with van der Waals surface area (Å²) in [6.07, 6.45) is 6.16. The van der Waals surface area contributed by atoms with Crippen molar-refractivity contribution in [2.24, 2.45) is 5.41 Å². The molecule has 1 heteroatoms. The fourth-order valence-corrected chi connectivity index (χ4v) is 3.26. The van der Waals surface area contributed by atoms with Crippen molar-refractivity contribution in [3.63, 3.8) is 0 Å². The van der Waals surface area contributed by atoms with E-state index in [0.717, 1.165) is 0 Å². The Balaban J connectivity index is 0.00000147. The molecule has 0 aromatic heterocycles. The molecule has 0 heterocycles. The van der Waals surface area contributed by atoms with Crippen molar-refractivity contribution in [2.45, 2.75) is 33.1 Å². The van der Waals surface area contributed by atoms with Crippen molar-refractivity contribution < 1.29 is 26.2 Å². The molecular weight excluding hydrogens is 319 g/mol. The first-order valence-corrected chi connectivity index (χ1v) is 7.31. The summed E-state index contributed by atoms with van der Waals surface area (Å²) in [5.41, 5.74) is 6.13. The van der Waals surface area contributed by atoms with Gasteiger partial charge in [-0.2, -0.15) is 18.1 Å². The van der Waals surface area contributed by atoms with Gasteiger partial charge in [0.05, 0.1) is 0 Å². The number of rotatable bonds is 3. The topological polar surface area (TPSA) is 0 Å². The first-order chi connectivity index (χ1) is 9.28. The molecule has 0 saturated heterocycles. The molecule has 1 aliphatic rings. The predicted octanol–water partition coefficient (Wildman–Crippen LogP) is 5.27. The van der Waals surface area contributed by atoms with Crippen molar-refractivity contribution >= 4 is 0 Å². The van der Waals surface area contributed by atoms with Crippen LogP contribution in [0.5, 0.6) is 0 Å². The van der Waals surface area contributed by atoms with Crippen LogP contribution in [0, 0.1) is 11.8 Å². The molecule has 0 bridgehead atoms. The molecule has 0 radical (unpaired) electrons. The van der Waals surface area contributed by atoms with Crippen LogP contribution < -0.4 is 0 Å². The third kappa shape index (κ3) is 2.66. The van der Waals surface area contributed by atoms with Crippen LogP contribution in [-0.4, -0.2) is 0 Å². The molecule has 0 atom stereocenters. The van der Waals surface area contributed by atoms with E-state index in [0.29, 0.717) is 5.41 Å². The van der Waals surface area contributed by atoms with Gasteiger partial charge in [0, 0.05) is 26.2 Å². The van der Waals surface area contributed by atoms with Gasteiger partial charge in [-0.1, -0.05) is 80.5 Å². The van der Waals surface area contributed by atoms with Gasteiger partial charge in [0.2, 0.25) is 0 Å². The molecule has 0 saturated carbocycles. The number of hydrogen-bond acceptors (Lipinski definition) is 0. The monoisotopic (exact) mass is 339 g/mol. The molecule has 2 aromatic rings. The molecule has 0 nitrogen and oxygen atoms in total. The van der Waals surface area contributed by atoms with Crippen molar-refractivity contribution in [3.8, 4) is 11.1 Å². The molecule has 3 rings (SSSR count). The second kappa shape index (κ2) is 6.31. The molecule has 2 aromatic carbocycles. The second-order valence-electron chi connectivity index (χ2n) is 5.63. The second-order valence-corrected chi connectivity index (χ2v) is 5.63. The Hall–Kier alpha value is -0.807. The van der Waals surface area contributed by atoms with Gasteiger partial charge in [-0.25, -0.2) is 0 Å². The van der Waals surface area contributed by atoms with Crippen molar-refractivity contribution in [1.29, 1.82) is 0 Å². The quantitative estimate of drug-likeness (QED) is 0.668. The van der Waals surface area contributed by atoms with Crippen LogP contribution in [0.15, 0.2) is 48.5 Å². The van der Waals surface area contributed by atoms with Gasteiger partial charge in [0.25, 0.3) is 0 Å². The van der Waals surface area contributed by atoms with E-state index in [1.54, 1.807) is 0 Å². The van der Waals surface area contributed by atoms with Gasteiger partial charge in [0.15, 0.2) is 0 Å². The van der Waals surface area contributed by atoms with Crippen LogP contribution in [0.25, 0.3) is 11.1 Å². The van der Waals surface area contributed by atoms with E-state index in [9.17, 15) is 0 Å². The van der Waals surface area contributed by atoms with E-state index in [2.05, 4.69) is 68.8 Å². The summed E-state index contributed by atoms with van der Waals surface area (Å²) in [6, 6.07) is 17.5. The van der Waals surface area contributed by atoms with E-state index in [1.165, 1.54) is 41.5 Å². The maximum Gasteiger partial charge on any atom is 0 e. The number of benzene rings is 2. The summed E-state index contributed by atoms with van der Waals surface area (Å²) in [4.78, 5) is 0.